The van der Waals surface area contributed by atoms with Crippen LogP contribution in [-0.2, 0) is 17.7 Å². The molecule has 1 saturated heterocycles. The number of hydrogen-bond acceptors (Lipinski definition) is 6. The second-order valence-electron chi connectivity index (χ2n) is 6.21. The van der Waals surface area contributed by atoms with Crippen molar-refractivity contribution in [2.24, 2.45) is 5.92 Å². The first-order chi connectivity index (χ1) is 11.5. The van der Waals surface area contributed by atoms with Crippen molar-refractivity contribution in [1.82, 2.24) is 0 Å². The van der Waals surface area contributed by atoms with E-state index in [1.807, 2.05) is 43.4 Å². The van der Waals surface area contributed by atoms with E-state index >= 15 is 0 Å². The topological polar surface area (TPSA) is 48.7 Å². The maximum atomic E-state index is 12.9. The van der Waals surface area contributed by atoms with E-state index in [4.69, 9.17) is 13.5 Å². The van der Waals surface area contributed by atoms with Crippen LogP contribution in [0.1, 0.15) is 52.7 Å². The van der Waals surface area contributed by atoms with E-state index in [1.165, 1.54) is 6.42 Å². The molecule has 0 saturated carbocycles. The van der Waals surface area contributed by atoms with E-state index in [9.17, 15) is 4.57 Å². The second-order valence-corrected chi connectivity index (χ2v) is 11.2. The molecule has 0 aliphatic carbocycles. The molecule has 0 N–H and O–H groups in total. The van der Waals surface area contributed by atoms with Gasteiger partial charge in [0.2, 0.25) is 5.50 Å². The number of hydrogen-bond donors (Lipinski definition) is 0. The van der Waals surface area contributed by atoms with Crippen molar-refractivity contribution < 1.29 is 18.0 Å². The van der Waals surface area contributed by atoms with Gasteiger partial charge in [0.05, 0.1) is 13.2 Å². The molecule has 1 aromatic rings. The highest BCUT2D eigenvalue weighted by molar-refractivity contribution is 8.18. The quantitative estimate of drug-likeness (QED) is 0.508. The summed E-state index contributed by atoms with van der Waals surface area (Å²) in [6.45, 7) is 8.78. The molecular weight excluding hydrogens is 363 g/mol. The van der Waals surface area contributed by atoms with E-state index in [1.54, 1.807) is 6.07 Å². The van der Waals surface area contributed by atoms with Crippen LogP contribution in [0.15, 0.2) is 16.5 Å². The summed E-state index contributed by atoms with van der Waals surface area (Å²) in [6.07, 6.45) is 3.42. The zero-order valence-electron chi connectivity index (χ0n) is 15.1. The molecule has 0 amide bonds. The summed E-state index contributed by atoms with van der Waals surface area (Å²) < 4.78 is 29.8. The SMILES string of the molecule is CCOP(=O)(OCC)c1ccc(C2(CCC(C)C)SCCCS2)o1. The van der Waals surface area contributed by atoms with Crippen LogP contribution in [0.25, 0.3) is 0 Å². The van der Waals surface area contributed by atoms with Crippen LogP contribution in [0.3, 0.4) is 0 Å². The van der Waals surface area contributed by atoms with Crippen molar-refractivity contribution in [2.75, 3.05) is 24.7 Å². The monoisotopic (exact) mass is 392 g/mol. The van der Waals surface area contributed by atoms with Crippen molar-refractivity contribution in [1.29, 1.82) is 0 Å². The Morgan fingerprint density at radius 2 is 1.83 bits per heavy atom. The second kappa shape index (κ2) is 9.18. The fourth-order valence-electron chi connectivity index (χ4n) is 2.65. The minimum absolute atomic E-state index is 0.0793. The molecule has 2 rings (SSSR count). The molecular formula is C17H29O4PS2. The Morgan fingerprint density at radius 3 is 2.38 bits per heavy atom. The van der Waals surface area contributed by atoms with Crippen molar-refractivity contribution in [2.45, 2.75) is 51.0 Å². The van der Waals surface area contributed by atoms with Gasteiger partial charge in [-0.1, -0.05) is 13.8 Å². The molecule has 0 radical (unpaired) electrons. The standard InChI is InChI=1S/C17H29O4PS2/c1-5-19-22(18,20-6-2)16-9-8-15(21-16)17(11-10-14(3)4)23-12-7-13-24-17/h8-9,14H,5-7,10-13H2,1-4H3. The van der Waals surface area contributed by atoms with Gasteiger partial charge in [0.1, 0.15) is 9.84 Å². The molecule has 1 aliphatic rings. The van der Waals surface area contributed by atoms with Gasteiger partial charge in [-0.05, 0) is 62.7 Å². The Bertz CT molecular complexity index is 543. The molecule has 0 bridgehead atoms. The fourth-order valence-corrected chi connectivity index (χ4v) is 7.40. The first-order valence-electron chi connectivity index (χ1n) is 8.73. The number of furan rings is 1. The van der Waals surface area contributed by atoms with Gasteiger partial charge in [0.15, 0.2) is 0 Å². The molecule has 0 atom stereocenters. The molecule has 0 spiro atoms. The van der Waals surface area contributed by atoms with Crippen LogP contribution in [0, 0.1) is 5.92 Å². The Hall–Kier alpha value is 0.130. The van der Waals surface area contributed by atoms with Crippen LogP contribution in [0.2, 0.25) is 0 Å². The van der Waals surface area contributed by atoms with E-state index in [-0.39, 0.29) is 4.08 Å². The molecule has 1 aliphatic heterocycles. The highest BCUT2D eigenvalue weighted by Crippen LogP contribution is 2.55. The third-order valence-corrected chi connectivity index (χ3v) is 9.26. The predicted molar refractivity (Wildman–Crippen MR) is 104 cm³/mol. The molecule has 24 heavy (non-hydrogen) atoms. The third-order valence-electron chi connectivity index (χ3n) is 3.85. The van der Waals surface area contributed by atoms with E-state index in [2.05, 4.69) is 13.8 Å². The van der Waals surface area contributed by atoms with Gasteiger partial charge in [-0.25, -0.2) is 0 Å². The van der Waals surface area contributed by atoms with Gasteiger partial charge in [0.25, 0.3) is 0 Å². The molecule has 1 fully saturated rings. The van der Waals surface area contributed by atoms with Crippen LogP contribution < -0.4 is 5.50 Å². The van der Waals surface area contributed by atoms with Gasteiger partial charge in [-0.2, -0.15) is 0 Å². The molecule has 1 aromatic heterocycles. The first-order valence-corrected chi connectivity index (χ1v) is 12.2. The van der Waals surface area contributed by atoms with E-state index in [0.717, 1.165) is 30.1 Å². The summed E-state index contributed by atoms with van der Waals surface area (Å²) in [5.41, 5.74) is 0.330. The van der Waals surface area contributed by atoms with Gasteiger partial charge < -0.3 is 13.5 Å². The number of rotatable bonds is 9. The van der Waals surface area contributed by atoms with Crippen LogP contribution in [0.5, 0.6) is 0 Å². The van der Waals surface area contributed by atoms with Gasteiger partial charge in [-0.15, -0.1) is 23.5 Å². The molecule has 0 aromatic carbocycles. The lowest BCUT2D eigenvalue weighted by atomic mass is 10.0. The lowest BCUT2D eigenvalue weighted by Crippen LogP contribution is -2.23. The first kappa shape index (κ1) is 20.4. The minimum atomic E-state index is -3.36. The lowest BCUT2D eigenvalue weighted by Gasteiger charge is -2.35. The largest absolute Gasteiger partial charge is 0.451 e. The molecule has 0 unspecified atom stereocenters. The predicted octanol–water partition coefficient (Wildman–Crippen LogP) is 5.63. The Labute approximate surface area is 154 Å². The van der Waals surface area contributed by atoms with E-state index < -0.39 is 7.60 Å². The Balaban J connectivity index is 2.28. The molecule has 7 heteroatoms. The van der Waals surface area contributed by atoms with Crippen molar-refractivity contribution in [3.8, 4) is 0 Å². The zero-order chi connectivity index (χ0) is 17.6. The third kappa shape index (κ3) is 4.85. The van der Waals surface area contributed by atoms with Gasteiger partial charge >= 0.3 is 7.60 Å². The minimum Gasteiger partial charge on any atom is -0.451 e. The van der Waals surface area contributed by atoms with Crippen molar-refractivity contribution >= 4 is 36.6 Å². The maximum absolute atomic E-state index is 12.9. The highest BCUT2D eigenvalue weighted by Gasteiger charge is 2.40. The zero-order valence-corrected chi connectivity index (χ0v) is 17.6. The van der Waals surface area contributed by atoms with Crippen LogP contribution in [-0.4, -0.2) is 24.7 Å². The molecule has 138 valence electrons. The summed E-state index contributed by atoms with van der Waals surface area (Å²) in [7, 11) is -3.36. The van der Waals surface area contributed by atoms with Gasteiger partial charge in [-0.3, -0.25) is 4.57 Å². The average molecular weight is 393 g/mol. The van der Waals surface area contributed by atoms with Crippen LogP contribution in [0.4, 0.5) is 0 Å². The smallest absolute Gasteiger partial charge is 0.396 e. The van der Waals surface area contributed by atoms with Crippen molar-refractivity contribution in [3.05, 3.63) is 17.9 Å². The van der Waals surface area contributed by atoms with Crippen molar-refractivity contribution in [3.63, 3.8) is 0 Å². The van der Waals surface area contributed by atoms with Crippen LogP contribution >= 0.6 is 31.1 Å². The summed E-state index contributed by atoms with van der Waals surface area (Å²) in [4.78, 5) is 0. The molecule has 4 nitrogen and oxygen atoms in total. The summed E-state index contributed by atoms with van der Waals surface area (Å²) in [5.74, 6) is 3.82. The highest BCUT2D eigenvalue weighted by atomic mass is 32.2. The Kier molecular flexibility index (Phi) is 7.82. The average Bonchev–Trinajstić information content (AvgIpc) is 3.06. The summed E-state index contributed by atoms with van der Waals surface area (Å²) in [6, 6.07) is 3.74. The normalized spacial score (nSPS) is 18.2. The maximum Gasteiger partial charge on any atom is 0.396 e. The lowest BCUT2D eigenvalue weighted by molar-refractivity contribution is 0.225. The summed E-state index contributed by atoms with van der Waals surface area (Å²) in [5, 5.41) is 0. The fraction of sp³-hybridized carbons (Fsp3) is 0.765. The van der Waals surface area contributed by atoms with Gasteiger partial charge in [0, 0.05) is 0 Å². The number of thioether (sulfide) groups is 2. The van der Waals surface area contributed by atoms with E-state index in [0.29, 0.717) is 24.6 Å². The summed E-state index contributed by atoms with van der Waals surface area (Å²) >= 11 is 3.91. The Morgan fingerprint density at radius 1 is 1.21 bits per heavy atom. The molecule has 2 heterocycles.